The Morgan fingerprint density at radius 2 is 2.06 bits per heavy atom. The summed E-state index contributed by atoms with van der Waals surface area (Å²) in [6, 6.07) is 0.805. The lowest BCUT2D eigenvalue weighted by atomic mass is 10.1. The summed E-state index contributed by atoms with van der Waals surface area (Å²) in [4.78, 5) is 20.7. The minimum Gasteiger partial charge on any atom is -0.347 e. The van der Waals surface area contributed by atoms with Gasteiger partial charge in [-0.15, -0.1) is 0 Å². The molecule has 0 aliphatic heterocycles. The third-order valence-corrected chi connectivity index (χ3v) is 2.05. The first-order valence-corrected chi connectivity index (χ1v) is 4.95. The number of carbonyl (C=O) groups is 1. The number of nitro groups is 1. The fourth-order valence-electron chi connectivity index (χ4n) is 1.12. The number of benzene rings is 1. The highest BCUT2D eigenvalue weighted by Gasteiger charge is 2.21. The van der Waals surface area contributed by atoms with Crippen molar-refractivity contribution in [2.45, 2.75) is 0 Å². The highest BCUT2D eigenvalue weighted by Crippen LogP contribution is 2.21. The van der Waals surface area contributed by atoms with Crippen molar-refractivity contribution >= 4 is 23.2 Å². The summed E-state index contributed by atoms with van der Waals surface area (Å²) >= 11 is 5.38. The lowest BCUT2D eigenvalue weighted by Crippen LogP contribution is -2.25. The van der Waals surface area contributed by atoms with Crippen molar-refractivity contribution in [2.24, 2.45) is 0 Å². The molecule has 0 saturated heterocycles. The molecule has 0 heterocycles. The van der Waals surface area contributed by atoms with Gasteiger partial charge in [0.2, 0.25) is 5.82 Å². The van der Waals surface area contributed by atoms with Crippen LogP contribution in [0.5, 0.6) is 0 Å². The van der Waals surface area contributed by atoms with Gasteiger partial charge in [0.1, 0.15) is 5.82 Å². The van der Waals surface area contributed by atoms with Crippen LogP contribution >= 0.6 is 11.6 Å². The van der Waals surface area contributed by atoms with E-state index in [0.717, 1.165) is 0 Å². The highest BCUT2D eigenvalue weighted by atomic mass is 35.5. The minimum atomic E-state index is -1.30. The van der Waals surface area contributed by atoms with E-state index in [-0.39, 0.29) is 11.6 Å². The van der Waals surface area contributed by atoms with Gasteiger partial charge in [0.25, 0.3) is 5.91 Å². The van der Waals surface area contributed by atoms with Crippen LogP contribution in [-0.2, 0) is 0 Å². The molecule has 8 heteroatoms. The molecular formula is C10H7ClF2N2O3. The number of nitro benzene ring substituents is 1. The largest absolute Gasteiger partial charge is 0.347 e. The van der Waals surface area contributed by atoms with E-state index < -0.39 is 33.7 Å². The number of amides is 1. The van der Waals surface area contributed by atoms with Gasteiger partial charge in [-0.05, 0) is 6.07 Å². The minimum absolute atomic E-state index is 0.103. The monoisotopic (exact) mass is 276 g/mol. The molecule has 1 amide bonds. The lowest BCUT2D eigenvalue weighted by Gasteiger charge is -2.05. The van der Waals surface area contributed by atoms with Crippen LogP contribution in [0.4, 0.5) is 14.5 Å². The summed E-state index contributed by atoms with van der Waals surface area (Å²) in [6.07, 6.45) is 0. The maximum atomic E-state index is 13.4. The van der Waals surface area contributed by atoms with Gasteiger partial charge in [-0.3, -0.25) is 14.9 Å². The summed E-state index contributed by atoms with van der Waals surface area (Å²) in [5, 5.41) is 12.6. The average molecular weight is 277 g/mol. The molecule has 0 saturated carbocycles. The van der Waals surface area contributed by atoms with Crippen LogP contribution < -0.4 is 5.32 Å². The van der Waals surface area contributed by atoms with Crippen LogP contribution in [0.15, 0.2) is 23.7 Å². The van der Waals surface area contributed by atoms with Crippen LogP contribution in [0.3, 0.4) is 0 Å². The number of hydrogen-bond acceptors (Lipinski definition) is 3. The van der Waals surface area contributed by atoms with Gasteiger partial charge in [0.15, 0.2) is 0 Å². The third kappa shape index (κ3) is 3.24. The fourth-order valence-corrected chi connectivity index (χ4v) is 1.19. The third-order valence-electron chi connectivity index (χ3n) is 1.92. The zero-order valence-corrected chi connectivity index (χ0v) is 9.63. The molecule has 0 spiro atoms. The van der Waals surface area contributed by atoms with Crippen LogP contribution in [0, 0.1) is 21.7 Å². The Balaban J connectivity index is 3.04. The molecule has 96 valence electrons. The molecule has 1 aromatic rings. The van der Waals surface area contributed by atoms with Gasteiger partial charge >= 0.3 is 5.69 Å². The van der Waals surface area contributed by atoms with Crippen molar-refractivity contribution in [3.05, 3.63) is 51.1 Å². The average Bonchev–Trinajstić information content (AvgIpc) is 2.28. The molecular weight excluding hydrogens is 270 g/mol. The number of carbonyl (C=O) groups excluding carboxylic acids is 1. The molecule has 5 nitrogen and oxygen atoms in total. The summed E-state index contributed by atoms with van der Waals surface area (Å²) < 4.78 is 26.6. The molecule has 0 fully saturated rings. The SMILES string of the molecule is C=C(Cl)CNC(=O)c1cc(F)c([N+](=O)[O-])cc1F. The molecule has 0 aliphatic carbocycles. The Kier molecular flexibility index (Phi) is 4.33. The van der Waals surface area contributed by atoms with E-state index >= 15 is 0 Å². The molecule has 0 bridgehead atoms. The summed E-state index contributed by atoms with van der Waals surface area (Å²) in [7, 11) is 0. The molecule has 0 radical (unpaired) electrons. The standard InChI is InChI=1S/C10H7ClF2N2O3/c1-5(11)4-14-10(16)6-2-8(13)9(15(17)18)3-7(6)12/h2-3H,1,4H2,(H,14,16). The number of halogens is 3. The first-order valence-electron chi connectivity index (χ1n) is 4.58. The summed E-state index contributed by atoms with van der Waals surface area (Å²) in [5.74, 6) is -3.43. The van der Waals surface area contributed by atoms with E-state index in [4.69, 9.17) is 11.6 Å². The molecule has 1 N–H and O–H groups in total. The Labute approximate surface area is 105 Å². The van der Waals surface area contributed by atoms with E-state index in [1.807, 2.05) is 0 Å². The predicted octanol–water partition coefficient (Wildman–Crippen LogP) is 2.36. The topological polar surface area (TPSA) is 72.2 Å². The van der Waals surface area contributed by atoms with Gasteiger partial charge in [0.05, 0.1) is 23.1 Å². The number of rotatable bonds is 4. The lowest BCUT2D eigenvalue weighted by molar-refractivity contribution is -0.387. The Hall–Kier alpha value is -2.02. The maximum Gasteiger partial charge on any atom is 0.307 e. The maximum absolute atomic E-state index is 13.4. The molecule has 0 atom stereocenters. The van der Waals surface area contributed by atoms with Gasteiger partial charge < -0.3 is 5.32 Å². The van der Waals surface area contributed by atoms with Gasteiger partial charge in [0, 0.05) is 5.03 Å². The van der Waals surface area contributed by atoms with Gasteiger partial charge in [-0.25, -0.2) is 4.39 Å². The quantitative estimate of drug-likeness (QED) is 0.678. The first kappa shape index (κ1) is 14.0. The van der Waals surface area contributed by atoms with Crippen molar-refractivity contribution < 1.29 is 18.5 Å². The van der Waals surface area contributed by atoms with E-state index in [2.05, 4.69) is 11.9 Å². The first-order chi connectivity index (χ1) is 8.32. The zero-order valence-electron chi connectivity index (χ0n) is 8.87. The summed E-state index contributed by atoms with van der Waals surface area (Å²) in [6.45, 7) is 3.17. The Morgan fingerprint density at radius 1 is 1.44 bits per heavy atom. The number of nitrogens with one attached hydrogen (secondary N) is 1. The molecule has 18 heavy (non-hydrogen) atoms. The number of nitrogens with zero attached hydrogens (tertiary/aromatic N) is 1. The second-order valence-electron chi connectivity index (χ2n) is 3.24. The van der Waals surface area contributed by atoms with Crippen LogP contribution in [0.2, 0.25) is 0 Å². The summed E-state index contributed by atoms with van der Waals surface area (Å²) in [5.41, 5.74) is -1.68. The van der Waals surface area contributed by atoms with Crippen LogP contribution in [0.25, 0.3) is 0 Å². The number of hydrogen-bond donors (Lipinski definition) is 1. The van der Waals surface area contributed by atoms with Crippen LogP contribution in [-0.4, -0.2) is 17.4 Å². The van der Waals surface area contributed by atoms with Gasteiger partial charge in [-0.1, -0.05) is 18.2 Å². The second-order valence-corrected chi connectivity index (χ2v) is 3.78. The van der Waals surface area contributed by atoms with Gasteiger partial charge in [-0.2, -0.15) is 4.39 Å². The van der Waals surface area contributed by atoms with E-state index in [9.17, 15) is 23.7 Å². The zero-order chi connectivity index (χ0) is 13.9. The van der Waals surface area contributed by atoms with Crippen molar-refractivity contribution in [1.82, 2.24) is 5.32 Å². The normalized spacial score (nSPS) is 9.94. The van der Waals surface area contributed by atoms with Crippen molar-refractivity contribution in [1.29, 1.82) is 0 Å². The van der Waals surface area contributed by atoms with Crippen molar-refractivity contribution in [3.63, 3.8) is 0 Å². The van der Waals surface area contributed by atoms with Crippen molar-refractivity contribution in [3.8, 4) is 0 Å². The molecule has 1 aromatic carbocycles. The van der Waals surface area contributed by atoms with Crippen molar-refractivity contribution in [2.75, 3.05) is 6.54 Å². The highest BCUT2D eigenvalue weighted by molar-refractivity contribution is 6.29. The predicted molar refractivity (Wildman–Crippen MR) is 60.3 cm³/mol. The Bertz CT molecular complexity index is 534. The van der Waals surface area contributed by atoms with E-state index in [0.29, 0.717) is 12.1 Å². The fraction of sp³-hybridized carbons (Fsp3) is 0.100. The van der Waals surface area contributed by atoms with E-state index in [1.165, 1.54) is 0 Å². The molecule has 0 unspecified atom stereocenters. The molecule has 0 aromatic heterocycles. The van der Waals surface area contributed by atoms with E-state index in [1.54, 1.807) is 0 Å². The molecule has 1 rings (SSSR count). The second kappa shape index (κ2) is 5.54. The molecule has 0 aliphatic rings. The smallest absolute Gasteiger partial charge is 0.307 e. The van der Waals surface area contributed by atoms with Crippen LogP contribution in [0.1, 0.15) is 10.4 Å². The Morgan fingerprint density at radius 3 is 2.56 bits per heavy atom.